The van der Waals surface area contributed by atoms with Crippen molar-refractivity contribution < 1.29 is 23.8 Å². The Morgan fingerprint density at radius 1 is 1.33 bits per heavy atom. The number of carboxylic acid groups (broad SMARTS) is 1. The number of hydrogen-bond acceptors (Lipinski definition) is 6. The summed E-state index contributed by atoms with van der Waals surface area (Å²) in [6.45, 7) is 7.94. The van der Waals surface area contributed by atoms with Crippen molar-refractivity contribution in [2.75, 3.05) is 18.0 Å². The van der Waals surface area contributed by atoms with E-state index >= 15 is 4.39 Å². The van der Waals surface area contributed by atoms with Crippen molar-refractivity contribution in [3.63, 3.8) is 0 Å². The minimum absolute atomic E-state index is 0.0604. The minimum atomic E-state index is -1.33. The highest BCUT2D eigenvalue weighted by molar-refractivity contribution is 5.95. The molecule has 4 rings (SSSR count). The molecule has 1 aliphatic carbocycles. The lowest BCUT2D eigenvalue weighted by molar-refractivity contribution is 0.0489. The van der Waals surface area contributed by atoms with Gasteiger partial charge < -0.3 is 24.6 Å². The molecule has 0 radical (unpaired) electrons. The van der Waals surface area contributed by atoms with Crippen molar-refractivity contribution in [2.24, 2.45) is 5.92 Å². The van der Waals surface area contributed by atoms with Gasteiger partial charge in [0.15, 0.2) is 0 Å². The van der Waals surface area contributed by atoms with Gasteiger partial charge in [-0.3, -0.25) is 4.79 Å². The topological polar surface area (TPSA) is 125 Å². The molecular formula is C26H31FN4O5. The lowest BCUT2D eigenvalue weighted by Crippen LogP contribution is -2.43. The smallest absolute Gasteiger partial charge is 0.407 e. The molecule has 1 saturated heterocycles. The normalized spacial score (nSPS) is 18.7. The average molecular weight is 499 g/mol. The van der Waals surface area contributed by atoms with E-state index in [1.165, 1.54) is 6.20 Å². The van der Waals surface area contributed by atoms with Gasteiger partial charge in [0.05, 0.1) is 23.7 Å². The van der Waals surface area contributed by atoms with E-state index in [0.29, 0.717) is 36.3 Å². The number of alkyl carbamates (subject to hydrolysis) is 1. The highest BCUT2D eigenvalue weighted by atomic mass is 19.1. The fraction of sp³-hybridized carbons (Fsp3) is 0.538. The third-order valence-corrected chi connectivity index (χ3v) is 6.77. The lowest BCUT2D eigenvalue weighted by atomic mass is 9.96. The van der Waals surface area contributed by atoms with Crippen LogP contribution in [0.15, 0.2) is 17.1 Å². The molecule has 192 valence electrons. The van der Waals surface area contributed by atoms with Gasteiger partial charge in [0.2, 0.25) is 5.43 Å². The summed E-state index contributed by atoms with van der Waals surface area (Å²) in [6.07, 6.45) is 3.22. The zero-order valence-electron chi connectivity index (χ0n) is 20.9. The van der Waals surface area contributed by atoms with Crippen LogP contribution >= 0.6 is 0 Å². The number of hydrogen-bond donors (Lipinski definition) is 2. The number of nitriles is 1. The SMILES string of the molecule is Cc1c(N2CCC(C(CC#N)NC(=O)OC(C)(C)C)C2)c(F)cc2c(=O)c(C(=O)O)cn(C3CC3)c12. The van der Waals surface area contributed by atoms with E-state index in [-0.39, 0.29) is 29.3 Å². The molecule has 36 heavy (non-hydrogen) atoms. The first-order chi connectivity index (χ1) is 16.9. The van der Waals surface area contributed by atoms with Gasteiger partial charge in [-0.15, -0.1) is 0 Å². The Balaban J connectivity index is 1.67. The Bertz CT molecular complexity index is 1320. The number of pyridine rings is 1. The third-order valence-electron chi connectivity index (χ3n) is 6.77. The predicted molar refractivity (Wildman–Crippen MR) is 132 cm³/mol. The maximum absolute atomic E-state index is 15.5. The first kappa shape index (κ1) is 25.5. The van der Waals surface area contributed by atoms with Crippen molar-refractivity contribution in [1.82, 2.24) is 9.88 Å². The molecule has 1 amide bonds. The van der Waals surface area contributed by atoms with E-state index in [0.717, 1.165) is 18.9 Å². The summed E-state index contributed by atoms with van der Waals surface area (Å²) in [5, 5.41) is 21.7. The molecule has 2 atom stereocenters. The van der Waals surface area contributed by atoms with Gasteiger partial charge in [0.1, 0.15) is 17.0 Å². The number of halogens is 1. The molecule has 1 aromatic carbocycles. The molecule has 2 aliphatic rings. The number of ether oxygens (including phenoxy) is 1. The number of anilines is 1. The molecule has 2 aromatic rings. The summed E-state index contributed by atoms with van der Waals surface area (Å²) in [4.78, 5) is 38.7. The molecule has 2 fully saturated rings. The van der Waals surface area contributed by atoms with Crippen LogP contribution in [0.1, 0.15) is 68.4 Å². The highest BCUT2D eigenvalue weighted by Crippen LogP contribution is 2.41. The molecule has 0 spiro atoms. The van der Waals surface area contributed by atoms with E-state index in [4.69, 9.17) is 4.74 Å². The second kappa shape index (κ2) is 9.45. The fourth-order valence-corrected chi connectivity index (χ4v) is 5.06. The maximum atomic E-state index is 15.5. The van der Waals surface area contributed by atoms with Crippen molar-refractivity contribution >= 4 is 28.7 Å². The summed E-state index contributed by atoms with van der Waals surface area (Å²) in [6, 6.07) is 2.88. The third kappa shape index (κ3) is 5.01. The number of aromatic carboxylic acids is 1. The number of nitrogens with one attached hydrogen (secondary N) is 1. The van der Waals surface area contributed by atoms with Crippen molar-refractivity contribution in [2.45, 2.75) is 71.1 Å². The first-order valence-electron chi connectivity index (χ1n) is 12.1. The van der Waals surface area contributed by atoms with Gasteiger partial charge in [-0.1, -0.05) is 0 Å². The van der Waals surface area contributed by atoms with Crippen LogP contribution in [0.25, 0.3) is 10.9 Å². The van der Waals surface area contributed by atoms with Gasteiger partial charge in [-0.2, -0.15) is 5.26 Å². The number of nitrogens with zero attached hydrogens (tertiary/aromatic N) is 3. The zero-order valence-corrected chi connectivity index (χ0v) is 20.9. The molecule has 9 nitrogen and oxygen atoms in total. The van der Waals surface area contributed by atoms with Crippen molar-refractivity contribution in [3.05, 3.63) is 39.4 Å². The molecule has 2 N–H and O–H groups in total. The molecule has 10 heteroatoms. The summed E-state index contributed by atoms with van der Waals surface area (Å²) in [7, 11) is 0. The molecule has 1 aliphatic heterocycles. The number of benzene rings is 1. The van der Waals surface area contributed by atoms with Crippen LogP contribution in [0, 0.1) is 30.0 Å². The van der Waals surface area contributed by atoms with Gasteiger partial charge in [0, 0.05) is 36.8 Å². The summed E-state index contributed by atoms with van der Waals surface area (Å²) < 4.78 is 22.6. The number of carbonyl (C=O) groups excluding carboxylic acids is 1. The molecule has 1 saturated carbocycles. The maximum Gasteiger partial charge on any atom is 0.407 e. The molecule has 2 unspecified atom stereocenters. The highest BCUT2D eigenvalue weighted by Gasteiger charge is 2.35. The Labute approximate surface area is 208 Å². The van der Waals surface area contributed by atoms with Crippen LogP contribution in [0.4, 0.5) is 14.9 Å². The monoisotopic (exact) mass is 498 g/mol. The number of carbonyl (C=O) groups is 2. The Morgan fingerprint density at radius 2 is 2.03 bits per heavy atom. The van der Waals surface area contributed by atoms with Gasteiger partial charge in [-0.25, -0.2) is 14.0 Å². The summed E-state index contributed by atoms with van der Waals surface area (Å²) in [5.74, 6) is -2.03. The van der Waals surface area contributed by atoms with E-state index in [2.05, 4.69) is 11.4 Å². The second-order valence-electron chi connectivity index (χ2n) is 10.7. The van der Waals surface area contributed by atoms with E-state index in [1.807, 2.05) is 4.90 Å². The Hall–Kier alpha value is -3.61. The number of amides is 1. The van der Waals surface area contributed by atoms with Crippen LogP contribution in [-0.4, -0.2) is 46.5 Å². The number of aryl methyl sites for hydroxylation is 1. The Kier molecular flexibility index (Phi) is 6.69. The first-order valence-corrected chi connectivity index (χ1v) is 12.1. The van der Waals surface area contributed by atoms with Crippen LogP contribution in [0.5, 0.6) is 0 Å². The van der Waals surface area contributed by atoms with Crippen LogP contribution in [0.2, 0.25) is 0 Å². The standard InChI is InChI=1S/C26H31FN4O5/c1-14-21-17(23(32)18(24(33)34)13-31(21)16-5-6-16)11-19(27)22(14)30-10-8-15(12-30)20(7-9-28)29-25(35)36-26(2,3)4/h11,13,15-16,20H,5-8,10,12H2,1-4H3,(H,29,35)(H,33,34). The minimum Gasteiger partial charge on any atom is -0.477 e. The van der Waals surface area contributed by atoms with Crippen molar-refractivity contribution in [1.29, 1.82) is 5.26 Å². The number of aromatic nitrogens is 1. The van der Waals surface area contributed by atoms with Gasteiger partial charge in [-0.05, 0) is 64.5 Å². The molecule has 2 heterocycles. The number of carboxylic acids is 1. The van der Waals surface area contributed by atoms with Crippen LogP contribution in [-0.2, 0) is 4.74 Å². The molecule has 0 bridgehead atoms. The molecule has 1 aromatic heterocycles. The summed E-state index contributed by atoms with van der Waals surface area (Å²) >= 11 is 0. The second-order valence-corrected chi connectivity index (χ2v) is 10.7. The lowest BCUT2D eigenvalue weighted by Gasteiger charge is -2.27. The largest absolute Gasteiger partial charge is 0.477 e. The quantitative estimate of drug-likeness (QED) is 0.614. The predicted octanol–water partition coefficient (Wildman–Crippen LogP) is 4.12. The average Bonchev–Trinajstić information content (AvgIpc) is 3.50. The van der Waals surface area contributed by atoms with E-state index in [9.17, 15) is 24.8 Å². The van der Waals surface area contributed by atoms with E-state index < -0.39 is 35.0 Å². The van der Waals surface area contributed by atoms with Gasteiger partial charge >= 0.3 is 12.1 Å². The number of fused-ring (bicyclic) bond motifs is 1. The Morgan fingerprint density at radius 3 is 2.61 bits per heavy atom. The van der Waals surface area contributed by atoms with Crippen LogP contribution < -0.4 is 15.6 Å². The van der Waals surface area contributed by atoms with E-state index in [1.54, 1.807) is 32.3 Å². The number of rotatable bonds is 6. The molecular weight excluding hydrogens is 467 g/mol. The summed E-state index contributed by atoms with van der Waals surface area (Å²) in [5.41, 5.74) is -0.259. The van der Waals surface area contributed by atoms with Gasteiger partial charge in [0.25, 0.3) is 0 Å². The zero-order chi connectivity index (χ0) is 26.4. The van der Waals surface area contributed by atoms with Crippen LogP contribution in [0.3, 0.4) is 0 Å². The fourth-order valence-electron chi connectivity index (χ4n) is 5.06. The van der Waals surface area contributed by atoms with Crippen molar-refractivity contribution in [3.8, 4) is 6.07 Å².